The third-order valence-electron chi connectivity index (χ3n) is 4.04. The van der Waals surface area contributed by atoms with Crippen molar-refractivity contribution in [2.45, 2.75) is 13.8 Å². The maximum Gasteiger partial charge on any atom is 0.349 e. The second kappa shape index (κ2) is 7.23. The van der Waals surface area contributed by atoms with E-state index in [0.717, 1.165) is 16.8 Å². The molecule has 132 valence electrons. The molecule has 0 atom stereocenters. The number of hydrogen-bond acceptors (Lipinski definition) is 4. The molecule has 0 unspecified atom stereocenters. The van der Waals surface area contributed by atoms with Gasteiger partial charge in [0.1, 0.15) is 11.1 Å². The first-order chi connectivity index (χ1) is 12.5. The van der Waals surface area contributed by atoms with Gasteiger partial charge in [-0.3, -0.25) is 9.59 Å². The van der Waals surface area contributed by atoms with Gasteiger partial charge in [0.25, 0.3) is 5.91 Å². The number of rotatable bonds is 4. The van der Waals surface area contributed by atoms with E-state index in [1.165, 1.54) is 6.07 Å². The van der Waals surface area contributed by atoms with Crippen molar-refractivity contribution in [3.05, 3.63) is 75.6 Å². The Bertz CT molecular complexity index is 1030. The topological polar surface area (TPSA) is 88.4 Å². The Morgan fingerprint density at radius 3 is 2.42 bits per heavy atom. The molecular weight excluding hydrogens is 332 g/mol. The molecule has 3 rings (SSSR count). The lowest BCUT2D eigenvalue weighted by atomic mass is 10.1. The first-order valence-electron chi connectivity index (χ1n) is 8.13. The van der Waals surface area contributed by atoms with E-state index in [1.807, 2.05) is 32.0 Å². The van der Waals surface area contributed by atoms with E-state index in [0.29, 0.717) is 11.0 Å². The van der Waals surface area contributed by atoms with Gasteiger partial charge in [-0.15, -0.1) is 0 Å². The fraction of sp³-hybridized carbons (Fsp3) is 0.150. The van der Waals surface area contributed by atoms with Gasteiger partial charge in [-0.05, 0) is 37.1 Å². The maximum absolute atomic E-state index is 12.2. The van der Waals surface area contributed by atoms with Crippen LogP contribution in [-0.4, -0.2) is 18.4 Å². The van der Waals surface area contributed by atoms with E-state index in [2.05, 4.69) is 10.6 Å². The van der Waals surface area contributed by atoms with Crippen LogP contribution in [0.15, 0.2) is 57.7 Å². The molecule has 0 aliphatic rings. The fourth-order valence-corrected chi connectivity index (χ4v) is 2.67. The molecule has 1 aromatic heterocycles. The zero-order valence-electron chi connectivity index (χ0n) is 14.5. The van der Waals surface area contributed by atoms with Crippen molar-refractivity contribution in [3.8, 4) is 0 Å². The van der Waals surface area contributed by atoms with Crippen LogP contribution in [0.4, 0.5) is 5.69 Å². The van der Waals surface area contributed by atoms with Crippen molar-refractivity contribution in [1.29, 1.82) is 0 Å². The molecule has 0 radical (unpaired) electrons. The van der Waals surface area contributed by atoms with Crippen LogP contribution < -0.4 is 16.3 Å². The molecule has 0 aliphatic heterocycles. The number of anilines is 1. The third-order valence-corrected chi connectivity index (χ3v) is 4.04. The summed E-state index contributed by atoms with van der Waals surface area (Å²) in [6, 6.07) is 14.0. The number of aryl methyl sites for hydroxylation is 2. The van der Waals surface area contributed by atoms with E-state index in [9.17, 15) is 14.4 Å². The minimum atomic E-state index is -0.739. The number of para-hydroxylation sites is 2. The van der Waals surface area contributed by atoms with Crippen LogP contribution in [0.25, 0.3) is 11.0 Å². The molecule has 1 heterocycles. The Morgan fingerprint density at radius 1 is 1.00 bits per heavy atom. The SMILES string of the molecule is Cc1cccc(C)c1NC(=O)CNC(=O)c1cc2ccccc2oc1=O. The zero-order valence-corrected chi connectivity index (χ0v) is 14.5. The minimum absolute atomic E-state index is 0.136. The summed E-state index contributed by atoms with van der Waals surface area (Å²) in [6.07, 6.45) is 0. The number of hydrogen-bond donors (Lipinski definition) is 2. The van der Waals surface area contributed by atoms with Crippen LogP contribution in [0.1, 0.15) is 21.5 Å². The highest BCUT2D eigenvalue weighted by molar-refractivity contribution is 6.00. The van der Waals surface area contributed by atoms with Crippen LogP contribution in [0.2, 0.25) is 0 Å². The smallest absolute Gasteiger partial charge is 0.349 e. The number of carbonyl (C=O) groups is 2. The highest BCUT2D eigenvalue weighted by Crippen LogP contribution is 2.19. The van der Waals surface area contributed by atoms with Gasteiger partial charge in [0.05, 0.1) is 6.54 Å². The summed E-state index contributed by atoms with van der Waals surface area (Å²) in [5.41, 5.74) is 2.11. The van der Waals surface area contributed by atoms with E-state index in [1.54, 1.807) is 24.3 Å². The summed E-state index contributed by atoms with van der Waals surface area (Å²) < 4.78 is 5.13. The fourth-order valence-electron chi connectivity index (χ4n) is 2.67. The largest absolute Gasteiger partial charge is 0.422 e. The standard InChI is InChI=1S/C20H18N2O4/c1-12-6-5-7-13(2)18(12)22-17(23)11-21-19(24)15-10-14-8-3-4-9-16(14)26-20(15)25/h3-10H,11H2,1-2H3,(H,21,24)(H,22,23). The lowest BCUT2D eigenvalue weighted by Gasteiger charge is -2.11. The van der Waals surface area contributed by atoms with Crippen molar-refractivity contribution >= 4 is 28.5 Å². The Kier molecular flexibility index (Phi) is 4.84. The van der Waals surface area contributed by atoms with Crippen LogP contribution in [-0.2, 0) is 4.79 Å². The summed E-state index contributed by atoms with van der Waals surface area (Å²) in [7, 11) is 0. The van der Waals surface area contributed by atoms with Gasteiger partial charge in [-0.25, -0.2) is 4.79 Å². The lowest BCUT2D eigenvalue weighted by molar-refractivity contribution is -0.115. The zero-order chi connectivity index (χ0) is 18.7. The van der Waals surface area contributed by atoms with Gasteiger partial charge < -0.3 is 15.1 Å². The van der Waals surface area contributed by atoms with Gasteiger partial charge in [0.2, 0.25) is 5.91 Å². The highest BCUT2D eigenvalue weighted by Gasteiger charge is 2.15. The van der Waals surface area contributed by atoms with Crippen molar-refractivity contribution in [2.75, 3.05) is 11.9 Å². The Balaban J connectivity index is 1.70. The molecule has 2 N–H and O–H groups in total. The van der Waals surface area contributed by atoms with E-state index >= 15 is 0 Å². The molecule has 2 aromatic carbocycles. The first kappa shape index (κ1) is 17.4. The molecule has 3 aromatic rings. The molecule has 0 saturated carbocycles. The van der Waals surface area contributed by atoms with E-state index in [-0.39, 0.29) is 18.0 Å². The number of benzene rings is 2. The average molecular weight is 350 g/mol. The van der Waals surface area contributed by atoms with Crippen LogP contribution >= 0.6 is 0 Å². The van der Waals surface area contributed by atoms with Crippen molar-refractivity contribution in [2.24, 2.45) is 0 Å². The Morgan fingerprint density at radius 2 is 1.69 bits per heavy atom. The Hall–Kier alpha value is -3.41. The van der Waals surface area contributed by atoms with Gasteiger partial charge in [0, 0.05) is 11.1 Å². The van der Waals surface area contributed by atoms with Crippen LogP contribution in [0.3, 0.4) is 0 Å². The van der Waals surface area contributed by atoms with Crippen LogP contribution in [0.5, 0.6) is 0 Å². The third kappa shape index (κ3) is 3.64. The van der Waals surface area contributed by atoms with Gasteiger partial charge in [0.15, 0.2) is 0 Å². The summed E-state index contributed by atoms with van der Waals surface area (Å²) in [6.45, 7) is 3.53. The molecule has 6 nitrogen and oxygen atoms in total. The van der Waals surface area contributed by atoms with Crippen LogP contribution in [0, 0.1) is 13.8 Å². The lowest BCUT2D eigenvalue weighted by Crippen LogP contribution is -2.35. The number of carbonyl (C=O) groups excluding carboxylic acids is 2. The minimum Gasteiger partial charge on any atom is -0.422 e. The molecule has 0 aliphatic carbocycles. The number of amides is 2. The van der Waals surface area contributed by atoms with Gasteiger partial charge >= 0.3 is 5.63 Å². The predicted octanol–water partition coefficient (Wildman–Crippen LogP) is 2.78. The summed E-state index contributed by atoms with van der Waals surface area (Å²) in [4.78, 5) is 36.3. The Labute approximate surface area is 149 Å². The summed E-state index contributed by atoms with van der Waals surface area (Å²) in [5, 5.41) is 5.86. The average Bonchev–Trinajstić information content (AvgIpc) is 2.62. The number of fused-ring (bicyclic) bond motifs is 1. The van der Waals surface area contributed by atoms with Crippen molar-refractivity contribution < 1.29 is 14.0 Å². The molecule has 26 heavy (non-hydrogen) atoms. The second-order valence-corrected chi connectivity index (χ2v) is 5.98. The normalized spacial score (nSPS) is 10.5. The quantitative estimate of drug-likeness (QED) is 0.708. The highest BCUT2D eigenvalue weighted by atomic mass is 16.4. The van der Waals surface area contributed by atoms with Gasteiger partial charge in [-0.1, -0.05) is 36.4 Å². The van der Waals surface area contributed by atoms with Crippen molar-refractivity contribution in [1.82, 2.24) is 5.32 Å². The van der Waals surface area contributed by atoms with Crippen molar-refractivity contribution in [3.63, 3.8) is 0 Å². The first-order valence-corrected chi connectivity index (χ1v) is 8.13. The summed E-state index contributed by atoms with van der Waals surface area (Å²) >= 11 is 0. The molecule has 0 fully saturated rings. The van der Waals surface area contributed by atoms with E-state index in [4.69, 9.17) is 4.42 Å². The molecule has 0 bridgehead atoms. The molecule has 2 amide bonds. The molecular formula is C20H18N2O4. The molecule has 6 heteroatoms. The molecule has 0 saturated heterocycles. The molecule has 0 spiro atoms. The monoisotopic (exact) mass is 350 g/mol. The summed E-state index contributed by atoms with van der Waals surface area (Å²) in [5.74, 6) is -1.03. The second-order valence-electron chi connectivity index (χ2n) is 5.98. The predicted molar refractivity (Wildman–Crippen MR) is 99.4 cm³/mol. The maximum atomic E-state index is 12.2. The van der Waals surface area contributed by atoms with E-state index < -0.39 is 11.5 Å². The number of nitrogens with one attached hydrogen (secondary N) is 2. The van der Waals surface area contributed by atoms with Gasteiger partial charge in [-0.2, -0.15) is 0 Å².